The van der Waals surface area contributed by atoms with Gasteiger partial charge in [-0.05, 0) is 32.8 Å². The number of amides is 2. The Morgan fingerprint density at radius 1 is 1.29 bits per heavy atom. The second kappa shape index (κ2) is 6.18. The van der Waals surface area contributed by atoms with E-state index in [0.29, 0.717) is 26.1 Å². The maximum absolute atomic E-state index is 12.4. The summed E-state index contributed by atoms with van der Waals surface area (Å²) in [5.74, 6) is -0.153. The third-order valence-electron chi connectivity index (χ3n) is 4.23. The summed E-state index contributed by atoms with van der Waals surface area (Å²) < 4.78 is 6.29. The number of morpholine rings is 1. The van der Waals surface area contributed by atoms with E-state index in [2.05, 4.69) is 11.9 Å². The zero-order valence-electron chi connectivity index (χ0n) is 13.1. The highest BCUT2D eigenvalue weighted by Gasteiger charge is 2.46. The predicted octanol–water partition coefficient (Wildman–Crippen LogP) is 1.63. The van der Waals surface area contributed by atoms with Crippen molar-refractivity contribution >= 4 is 11.8 Å². The number of nitrogens with one attached hydrogen (secondary N) is 1. The molecular formula is C16H26N2O3. The Balaban J connectivity index is 1.93. The third-order valence-corrected chi connectivity index (χ3v) is 4.23. The summed E-state index contributed by atoms with van der Waals surface area (Å²) in [6, 6.07) is 0. The van der Waals surface area contributed by atoms with Crippen LogP contribution in [0.25, 0.3) is 0 Å². The number of ether oxygens (including phenoxy) is 1. The summed E-state index contributed by atoms with van der Waals surface area (Å²) in [6.45, 7) is 9.14. The van der Waals surface area contributed by atoms with Crippen molar-refractivity contribution < 1.29 is 14.3 Å². The molecule has 1 aliphatic heterocycles. The van der Waals surface area contributed by atoms with E-state index in [9.17, 15) is 9.59 Å². The summed E-state index contributed by atoms with van der Waals surface area (Å²) in [5.41, 5.74) is -0.454. The Hall–Kier alpha value is -1.36. The molecule has 2 aliphatic rings. The largest absolute Gasteiger partial charge is 0.365 e. The quantitative estimate of drug-likeness (QED) is 0.802. The van der Waals surface area contributed by atoms with Crippen molar-refractivity contribution in [3.63, 3.8) is 0 Å². The van der Waals surface area contributed by atoms with Crippen molar-refractivity contribution in [2.24, 2.45) is 0 Å². The smallest absolute Gasteiger partial charge is 0.243 e. The lowest BCUT2D eigenvalue weighted by atomic mass is 9.94. The molecule has 1 saturated heterocycles. The average Bonchev–Trinajstić information content (AvgIpc) is 2.83. The lowest BCUT2D eigenvalue weighted by molar-refractivity contribution is -0.198. The Morgan fingerprint density at radius 2 is 1.95 bits per heavy atom. The van der Waals surface area contributed by atoms with Gasteiger partial charge in [0, 0.05) is 26.1 Å². The standard InChI is InChI=1S/C16H26N2O3/c1-4-13(19)17-10-7-14(20)18-11-15(2,3)21-16(12-18)8-5-6-9-16/h4H,1,5-12H2,2-3H3,(H,17,19). The molecule has 0 radical (unpaired) electrons. The van der Waals surface area contributed by atoms with Crippen LogP contribution in [0.2, 0.25) is 0 Å². The van der Waals surface area contributed by atoms with Crippen LogP contribution in [0, 0.1) is 0 Å². The Bertz CT molecular complexity index is 425. The zero-order chi connectivity index (χ0) is 15.5. The molecule has 2 rings (SSSR count). The number of carbonyl (C=O) groups is 2. The van der Waals surface area contributed by atoms with E-state index in [0.717, 1.165) is 12.8 Å². The molecule has 0 aromatic carbocycles. The van der Waals surface area contributed by atoms with Crippen LogP contribution in [0.1, 0.15) is 46.0 Å². The third kappa shape index (κ3) is 4.06. The first kappa shape index (κ1) is 16.0. The average molecular weight is 294 g/mol. The van der Waals surface area contributed by atoms with Crippen molar-refractivity contribution in [1.82, 2.24) is 10.2 Å². The molecule has 1 N–H and O–H groups in total. The van der Waals surface area contributed by atoms with Gasteiger partial charge in [0.05, 0.1) is 11.2 Å². The fourth-order valence-electron chi connectivity index (χ4n) is 3.49. The minimum absolute atomic E-state index is 0.0852. The van der Waals surface area contributed by atoms with Gasteiger partial charge in [-0.15, -0.1) is 0 Å². The Kier molecular flexibility index (Phi) is 4.71. The van der Waals surface area contributed by atoms with Crippen LogP contribution in [0.4, 0.5) is 0 Å². The summed E-state index contributed by atoms with van der Waals surface area (Å²) >= 11 is 0. The summed E-state index contributed by atoms with van der Waals surface area (Å²) in [7, 11) is 0. The van der Waals surface area contributed by atoms with Gasteiger partial charge >= 0.3 is 0 Å². The van der Waals surface area contributed by atoms with Crippen molar-refractivity contribution in [2.75, 3.05) is 19.6 Å². The molecule has 0 atom stereocenters. The van der Waals surface area contributed by atoms with Crippen LogP contribution in [-0.4, -0.2) is 47.6 Å². The van der Waals surface area contributed by atoms with E-state index in [4.69, 9.17) is 4.74 Å². The van der Waals surface area contributed by atoms with Crippen LogP contribution in [-0.2, 0) is 14.3 Å². The van der Waals surface area contributed by atoms with Crippen LogP contribution >= 0.6 is 0 Å². The molecular weight excluding hydrogens is 268 g/mol. The molecule has 0 bridgehead atoms. The van der Waals surface area contributed by atoms with E-state index >= 15 is 0 Å². The highest BCUT2D eigenvalue weighted by molar-refractivity contribution is 5.87. The number of carbonyl (C=O) groups excluding carboxylic acids is 2. The molecule has 0 aromatic rings. The van der Waals surface area contributed by atoms with E-state index < -0.39 is 0 Å². The van der Waals surface area contributed by atoms with Gasteiger partial charge in [0.1, 0.15) is 0 Å². The van der Waals surface area contributed by atoms with Crippen LogP contribution in [0.3, 0.4) is 0 Å². The minimum atomic E-state index is -0.303. The number of hydrogen-bond donors (Lipinski definition) is 1. The van der Waals surface area contributed by atoms with Crippen molar-refractivity contribution in [3.05, 3.63) is 12.7 Å². The second-order valence-corrected chi connectivity index (χ2v) is 6.75. The molecule has 1 aliphatic carbocycles. The van der Waals surface area contributed by atoms with E-state index in [1.165, 1.54) is 18.9 Å². The van der Waals surface area contributed by atoms with Gasteiger partial charge in [-0.3, -0.25) is 9.59 Å². The van der Waals surface area contributed by atoms with Crippen LogP contribution < -0.4 is 5.32 Å². The SMILES string of the molecule is C=CC(=O)NCCC(=O)N1CC(C)(C)OC2(CCCC2)C1. The van der Waals surface area contributed by atoms with Crippen molar-refractivity contribution in [2.45, 2.75) is 57.2 Å². The first-order valence-electron chi connectivity index (χ1n) is 7.74. The molecule has 21 heavy (non-hydrogen) atoms. The van der Waals surface area contributed by atoms with E-state index in [-0.39, 0.29) is 23.0 Å². The summed E-state index contributed by atoms with van der Waals surface area (Å²) in [6.07, 6.45) is 5.96. The summed E-state index contributed by atoms with van der Waals surface area (Å²) in [5, 5.41) is 2.65. The molecule has 1 heterocycles. The molecule has 118 valence electrons. The Morgan fingerprint density at radius 3 is 2.57 bits per heavy atom. The van der Waals surface area contributed by atoms with Gasteiger partial charge in [-0.1, -0.05) is 19.4 Å². The Labute approximate surface area is 126 Å². The monoisotopic (exact) mass is 294 g/mol. The molecule has 1 saturated carbocycles. The second-order valence-electron chi connectivity index (χ2n) is 6.75. The predicted molar refractivity (Wildman–Crippen MR) is 80.8 cm³/mol. The molecule has 5 nitrogen and oxygen atoms in total. The first-order chi connectivity index (χ1) is 9.86. The van der Waals surface area contributed by atoms with Crippen molar-refractivity contribution in [3.8, 4) is 0 Å². The fourth-order valence-corrected chi connectivity index (χ4v) is 3.49. The molecule has 5 heteroatoms. The van der Waals surface area contributed by atoms with Gasteiger partial charge in [0.2, 0.25) is 11.8 Å². The molecule has 0 unspecified atom stereocenters. The fraction of sp³-hybridized carbons (Fsp3) is 0.750. The minimum Gasteiger partial charge on any atom is -0.365 e. The highest BCUT2D eigenvalue weighted by Crippen LogP contribution is 2.40. The topological polar surface area (TPSA) is 58.6 Å². The van der Waals surface area contributed by atoms with Crippen molar-refractivity contribution in [1.29, 1.82) is 0 Å². The maximum atomic E-state index is 12.4. The maximum Gasteiger partial charge on any atom is 0.243 e. The molecule has 2 amide bonds. The molecule has 1 spiro atoms. The molecule has 2 fully saturated rings. The highest BCUT2D eigenvalue weighted by atomic mass is 16.5. The van der Waals surface area contributed by atoms with Gasteiger partial charge in [0.15, 0.2) is 0 Å². The molecule has 0 aromatic heterocycles. The summed E-state index contributed by atoms with van der Waals surface area (Å²) in [4.78, 5) is 25.4. The number of nitrogens with zero attached hydrogens (tertiary/aromatic N) is 1. The number of hydrogen-bond acceptors (Lipinski definition) is 3. The van der Waals surface area contributed by atoms with E-state index in [1.54, 1.807) is 0 Å². The van der Waals surface area contributed by atoms with Crippen LogP contribution in [0.15, 0.2) is 12.7 Å². The normalized spacial score (nSPS) is 23.0. The lowest BCUT2D eigenvalue weighted by Gasteiger charge is -2.48. The van der Waals surface area contributed by atoms with Gasteiger partial charge in [0.25, 0.3) is 0 Å². The van der Waals surface area contributed by atoms with Crippen LogP contribution in [0.5, 0.6) is 0 Å². The van der Waals surface area contributed by atoms with Gasteiger partial charge in [-0.25, -0.2) is 0 Å². The zero-order valence-corrected chi connectivity index (χ0v) is 13.1. The van der Waals surface area contributed by atoms with Gasteiger partial charge in [-0.2, -0.15) is 0 Å². The van der Waals surface area contributed by atoms with Gasteiger partial charge < -0.3 is 15.0 Å². The van der Waals surface area contributed by atoms with E-state index in [1.807, 2.05) is 18.7 Å². The number of rotatable bonds is 4. The lowest BCUT2D eigenvalue weighted by Crippen LogP contribution is -2.60. The first-order valence-corrected chi connectivity index (χ1v) is 7.74.